The number of hydrazone groups is 1. The smallest absolute Gasteiger partial charge is 0.258 e. The third kappa shape index (κ3) is 4.25. The minimum Gasteiger partial charge on any atom is -0.271 e. The zero-order chi connectivity index (χ0) is 16.1. The summed E-state index contributed by atoms with van der Waals surface area (Å²) in [5.74, 6) is -0.149. The van der Waals surface area contributed by atoms with Crippen molar-refractivity contribution in [3.05, 3.63) is 70.2 Å². The Kier molecular flexibility index (Phi) is 5.17. The molecule has 0 aliphatic carbocycles. The number of rotatable bonds is 4. The number of nitrogens with zero attached hydrogens (tertiary/aromatic N) is 1. The molecule has 1 saturated heterocycles. The SMILES string of the molecule is O=C(N/N=C/c1ccc(Br)cc1)C1CC(c2ccccc2)NN1. The van der Waals surface area contributed by atoms with Crippen molar-refractivity contribution in [1.29, 1.82) is 0 Å². The van der Waals surface area contributed by atoms with Gasteiger partial charge in [-0.2, -0.15) is 5.10 Å². The fourth-order valence-electron chi connectivity index (χ4n) is 2.43. The molecular formula is C17H17BrN4O. The minimum absolute atomic E-state index is 0.127. The Morgan fingerprint density at radius 3 is 2.61 bits per heavy atom. The van der Waals surface area contributed by atoms with E-state index in [1.54, 1.807) is 6.21 Å². The van der Waals surface area contributed by atoms with Crippen LogP contribution in [-0.2, 0) is 4.79 Å². The first-order valence-corrected chi connectivity index (χ1v) is 8.16. The first-order chi connectivity index (χ1) is 11.2. The molecule has 1 fully saturated rings. The van der Waals surface area contributed by atoms with Gasteiger partial charge in [0.25, 0.3) is 5.91 Å². The summed E-state index contributed by atoms with van der Waals surface area (Å²) in [5.41, 5.74) is 10.8. The normalized spacial score (nSPS) is 20.7. The first kappa shape index (κ1) is 15.9. The summed E-state index contributed by atoms with van der Waals surface area (Å²) in [4.78, 5) is 12.1. The lowest BCUT2D eigenvalue weighted by atomic mass is 10.0. The van der Waals surface area contributed by atoms with Gasteiger partial charge in [0.2, 0.25) is 0 Å². The third-order valence-electron chi connectivity index (χ3n) is 3.68. The molecule has 23 heavy (non-hydrogen) atoms. The van der Waals surface area contributed by atoms with Crippen molar-refractivity contribution in [3.63, 3.8) is 0 Å². The predicted molar refractivity (Wildman–Crippen MR) is 93.7 cm³/mol. The second-order valence-corrected chi connectivity index (χ2v) is 6.24. The number of hydrogen-bond acceptors (Lipinski definition) is 4. The largest absolute Gasteiger partial charge is 0.271 e. The van der Waals surface area contributed by atoms with Crippen LogP contribution in [0.15, 0.2) is 64.2 Å². The molecule has 2 atom stereocenters. The van der Waals surface area contributed by atoms with Gasteiger partial charge in [-0.05, 0) is 29.7 Å². The Bertz CT molecular complexity index is 687. The Morgan fingerprint density at radius 1 is 1.13 bits per heavy atom. The van der Waals surface area contributed by atoms with E-state index in [9.17, 15) is 4.79 Å². The van der Waals surface area contributed by atoms with Gasteiger partial charge in [0.15, 0.2) is 0 Å². The molecule has 0 spiro atoms. The van der Waals surface area contributed by atoms with Crippen LogP contribution in [0.25, 0.3) is 0 Å². The van der Waals surface area contributed by atoms with E-state index in [2.05, 4.69) is 37.3 Å². The van der Waals surface area contributed by atoms with Crippen molar-refractivity contribution >= 4 is 28.1 Å². The molecule has 118 valence electrons. The van der Waals surface area contributed by atoms with E-state index in [1.807, 2.05) is 54.6 Å². The summed E-state index contributed by atoms with van der Waals surface area (Å²) in [6.07, 6.45) is 2.31. The number of amides is 1. The van der Waals surface area contributed by atoms with Crippen LogP contribution in [0.5, 0.6) is 0 Å². The number of carbonyl (C=O) groups excluding carboxylic acids is 1. The zero-order valence-corrected chi connectivity index (χ0v) is 14.0. The summed E-state index contributed by atoms with van der Waals surface area (Å²) < 4.78 is 1.01. The Labute approximate surface area is 143 Å². The van der Waals surface area contributed by atoms with Crippen LogP contribution in [0.1, 0.15) is 23.6 Å². The summed E-state index contributed by atoms with van der Waals surface area (Å²) in [5, 5.41) is 4.01. The average Bonchev–Trinajstić information content (AvgIpc) is 3.07. The number of hydrogen-bond donors (Lipinski definition) is 3. The fourth-order valence-corrected chi connectivity index (χ4v) is 2.69. The maximum atomic E-state index is 12.1. The molecular weight excluding hydrogens is 356 g/mol. The van der Waals surface area contributed by atoms with Crippen LogP contribution in [-0.4, -0.2) is 18.2 Å². The number of carbonyl (C=O) groups is 1. The average molecular weight is 373 g/mol. The van der Waals surface area contributed by atoms with Crippen molar-refractivity contribution < 1.29 is 4.79 Å². The molecule has 1 amide bonds. The van der Waals surface area contributed by atoms with E-state index >= 15 is 0 Å². The topological polar surface area (TPSA) is 65.5 Å². The third-order valence-corrected chi connectivity index (χ3v) is 4.21. The van der Waals surface area contributed by atoms with Crippen LogP contribution < -0.4 is 16.3 Å². The second-order valence-electron chi connectivity index (χ2n) is 5.33. The molecule has 2 aromatic rings. The molecule has 1 heterocycles. The van der Waals surface area contributed by atoms with Crippen LogP contribution in [0.2, 0.25) is 0 Å². The minimum atomic E-state index is -0.303. The molecule has 3 rings (SSSR count). The molecule has 1 aliphatic heterocycles. The lowest BCUT2D eigenvalue weighted by molar-refractivity contribution is -0.122. The Morgan fingerprint density at radius 2 is 1.87 bits per heavy atom. The van der Waals surface area contributed by atoms with E-state index in [1.165, 1.54) is 0 Å². The molecule has 0 aromatic heterocycles. The molecule has 2 aromatic carbocycles. The molecule has 0 saturated carbocycles. The van der Waals surface area contributed by atoms with Crippen molar-refractivity contribution in [2.45, 2.75) is 18.5 Å². The predicted octanol–water partition coefficient (Wildman–Crippen LogP) is 2.51. The van der Waals surface area contributed by atoms with E-state index in [0.717, 1.165) is 15.6 Å². The Hall–Kier alpha value is -2.02. The van der Waals surface area contributed by atoms with Gasteiger partial charge in [-0.25, -0.2) is 16.3 Å². The first-order valence-electron chi connectivity index (χ1n) is 7.37. The molecule has 6 heteroatoms. The monoisotopic (exact) mass is 372 g/mol. The number of benzene rings is 2. The highest BCUT2D eigenvalue weighted by atomic mass is 79.9. The maximum absolute atomic E-state index is 12.1. The van der Waals surface area contributed by atoms with Gasteiger partial charge in [0, 0.05) is 10.5 Å². The molecule has 3 N–H and O–H groups in total. The highest BCUT2D eigenvalue weighted by Gasteiger charge is 2.29. The molecule has 2 unspecified atom stereocenters. The van der Waals surface area contributed by atoms with Gasteiger partial charge in [-0.3, -0.25) is 4.79 Å². The maximum Gasteiger partial charge on any atom is 0.258 e. The zero-order valence-electron chi connectivity index (χ0n) is 12.4. The van der Waals surface area contributed by atoms with Crippen molar-refractivity contribution in [1.82, 2.24) is 16.3 Å². The van der Waals surface area contributed by atoms with Crippen molar-refractivity contribution in [2.24, 2.45) is 5.10 Å². The standard InChI is InChI=1S/C17H17BrN4O/c18-14-8-6-12(7-9-14)11-19-22-17(23)16-10-15(20-21-16)13-4-2-1-3-5-13/h1-9,11,15-16,20-21H,10H2,(H,22,23)/b19-11+. The molecule has 5 nitrogen and oxygen atoms in total. The molecule has 1 aliphatic rings. The lowest BCUT2D eigenvalue weighted by Gasteiger charge is -2.08. The lowest BCUT2D eigenvalue weighted by Crippen LogP contribution is -2.41. The van der Waals surface area contributed by atoms with Gasteiger partial charge in [-0.1, -0.05) is 58.4 Å². The van der Waals surface area contributed by atoms with Gasteiger partial charge in [-0.15, -0.1) is 0 Å². The summed E-state index contributed by atoms with van der Waals surface area (Å²) in [7, 11) is 0. The van der Waals surface area contributed by atoms with Crippen molar-refractivity contribution in [2.75, 3.05) is 0 Å². The van der Waals surface area contributed by atoms with Gasteiger partial charge >= 0.3 is 0 Å². The highest BCUT2D eigenvalue weighted by molar-refractivity contribution is 9.10. The Balaban J connectivity index is 1.52. The number of hydrazine groups is 1. The molecule has 0 radical (unpaired) electrons. The van der Waals surface area contributed by atoms with Crippen LogP contribution >= 0.6 is 15.9 Å². The summed E-state index contributed by atoms with van der Waals surface area (Å²) >= 11 is 3.38. The van der Waals surface area contributed by atoms with E-state index in [0.29, 0.717) is 6.42 Å². The van der Waals surface area contributed by atoms with Gasteiger partial charge < -0.3 is 0 Å². The number of nitrogens with one attached hydrogen (secondary N) is 3. The fraction of sp³-hybridized carbons (Fsp3) is 0.176. The van der Waals surface area contributed by atoms with Crippen LogP contribution in [0.4, 0.5) is 0 Å². The van der Waals surface area contributed by atoms with Crippen LogP contribution in [0, 0.1) is 0 Å². The van der Waals surface area contributed by atoms with E-state index in [4.69, 9.17) is 0 Å². The summed E-state index contributed by atoms with van der Waals surface area (Å²) in [6, 6.07) is 17.6. The number of halogens is 1. The quantitative estimate of drug-likeness (QED) is 0.570. The summed E-state index contributed by atoms with van der Waals surface area (Å²) in [6.45, 7) is 0. The van der Waals surface area contributed by atoms with E-state index in [-0.39, 0.29) is 18.0 Å². The van der Waals surface area contributed by atoms with Crippen LogP contribution in [0.3, 0.4) is 0 Å². The highest BCUT2D eigenvalue weighted by Crippen LogP contribution is 2.21. The van der Waals surface area contributed by atoms with Crippen molar-refractivity contribution in [3.8, 4) is 0 Å². The van der Waals surface area contributed by atoms with Gasteiger partial charge in [0.05, 0.1) is 6.21 Å². The second kappa shape index (κ2) is 7.50. The molecule has 0 bridgehead atoms. The van der Waals surface area contributed by atoms with E-state index < -0.39 is 0 Å². The van der Waals surface area contributed by atoms with Gasteiger partial charge in [0.1, 0.15) is 6.04 Å².